The minimum absolute atomic E-state index is 0.0314. The van der Waals surface area contributed by atoms with Gasteiger partial charge in [0, 0.05) is 6.54 Å². The van der Waals surface area contributed by atoms with Crippen LogP contribution in [0.4, 0.5) is 0 Å². The van der Waals surface area contributed by atoms with Gasteiger partial charge in [0.25, 0.3) is 0 Å². The first-order valence-electron chi connectivity index (χ1n) is 5.52. The van der Waals surface area contributed by atoms with Crippen molar-refractivity contribution in [3.63, 3.8) is 0 Å². The standard InChI is InChI=1S/C11H20ClNOS/c1-8(2)9(12)7-13-10(14)11(3)5-4-6-15-11/h8-9H,4-7H2,1-3H3,(H,13,14). The minimum atomic E-state index is -0.215. The number of rotatable bonds is 4. The van der Waals surface area contributed by atoms with E-state index in [1.807, 2.05) is 6.92 Å². The Kier molecular flexibility index (Phi) is 4.78. The molecule has 0 aromatic rings. The molecule has 2 nitrogen and oxygen atoms in total. The Morgan fingerprint density at radius 1 is 1.60 bits per heavy atom. The van der Waals surface area contributed by atoms with Crippen LogP contribution in [0.15, 0.2) is 0 Å². The predicted molar refractivity (Wildman–Crippen MR) is 67.6 cm³/mol. The van der Waals surface area contributed by atoms with Crippen LogP contribution >= 0.6 is 23.4 Å². The number of carbonyl (C=O) groups is 1. The van der Waals surface area contributed by atoms with Crippen LogP contribution in [-0.2, 0) is 4.79 Å². The zero-order valence-corrected chi connectivity index (χ0v) is 11.3. The molecule has 88 valence electrons. The second-order valence-corrected chi connectivity index (χ2v) is 6.81. The minimum Gasteiger partial charge on any atom is -0.353 e. The molecular formula is C11H20ClNOS. The summed E-state index contributed by atoms with van der Waals surface area (Å²) in [6, 6.07) is 0. The van der Waals surface area contributed by atoms with Crippen molar-refractivity contribution in [1.29, 1.82) is 0 Å². The maximum absolute atomic E-state index is 11.9. The van der Waals surface area contributed by atoms with E-state index in [2.05, 4.69) is 19.2 Å². The Labute approximate surface area is 102 Å². The highest BCUT2D eigenvalue weighted by molar-refractivity contribution is 8.01. The van der Waals surface area contributed by atoms with Gasteiger partial charge in [-0.05, 0) is 31.4 Å². The number of alkyl halides is 1. The van der Waals surface area contributed by atoms with Crippen LogP contribution in [-0.4, -0.2) is 28.3 Å². The van der Waals surface area contributed by atoms with Crippen molar-refractivity contribution in [1.82, 2.24) is 5.32 Å². The molecule has 0 aliphatic carbocycles. The molecule has 0 spiro atoms. The largest absolute Gasteiger partial charge is 0.353 e. The summed E-state index contributed by atoms with van der Waals surface area (Å²) >= 11 is 7.85. The maximum Gasteiger partial charge on any atom is 0.235 e. The summed E-state index contributed by atoms with van der Waals surface area (Å²) in [5.41, 5.74) is 0. The summed E-state index contributed by atoms with van der Waals surface area (Å²) in [5.74, 6) is 1.64. The van der Waals surface area contributed by atoms with Crippen LogP contribution in [0, 0.1) is 5.92 Å². The average molecular weight is 250 g/mol. The molecule has 0 aromatic heterocycles. The fourth-order valence-corrected chi connectivity index (χ4v) is 2.88. The summed E-state index contributed by atoms with van der Waals surface area (Å²) in [7, 11) is 0. The molecule has 1 saturated heterocycles. The molecule has 0 radical (unpaired) electrons. The number of amides is 1. The van der Waals surface area contributed by atoms with Gasteiger partial charge < -0.3 is 5.32 Å². The van der Waals surface area contributed by atoms with E-state index >= 15 is 0 Å². The van der Waals surface area contributed by atoms with E-state index in [1.54, 1.807) is 11.8 Å². The third kappa shape index (κ3) is 3.56. The number of hydrogen-bond acceptors (Lipinski definition) is 2. The van der Waals surface area contributed by atoms with E-state index in [9.17, 15) is 4.79 Å². The fourth-order valence-electron chi connectivity index (χ4n) is 1.57. The SMILES string of the molecule is CC(C)C(Cl)CNC(=O)C1(C)CCCS1. The van der Waals surface area contributed by atoms with Crippen LogP contribution in [0.1, 0.15) is 33.6 Å². The summed E-state index contributed by atoms with van der Waals surface area (Å²) < 4.78 is -0.215. The quantitative estimate of drug-likeness (QED) is 0.777. The second kappa shape index (κ2) is 5.44. The molecule has 0 saturated carbocycles. The molecule has 1 N–H and O–H groups in total. The number of hydrogen-bond donors (Lipinski definition) is 1. The van der Waals surface area contributed by atoms with Crippen molar-refractivity contribution in [2.75, 3.05) is 12.3 Å². The second-order valence-electron chi connectivity index (χ2n) is 4.65. The number of nitrogens with one attached hydrogen (secondary N) is 1. The van der Waals surface area contributed by atoms with Crippen LogP contribution in [0.3, 0.4) is 0 Å². The highest BCUT2D eigenvalue weighted by Gasteiger charge is 2.37. The molecule has 15 heavy (non-hydrogen) atoms. The van der Waals surface area contributed by atoms with Gasteiger partial charge in [0.15, 0.2) is 0 Å². The Morgan fingerprint density at radius 3 is 2.73 bits per heavy atom. The lowest BCUT2D eigenvalue weighted by atomic mass is 10.0. The van der Waals surface area contributed by atoms with Gasteiger partial charge in [0.05, 0.1) is 10.1 Å². The van der Waals surface area contributed by atoms with Crippen molar-refractivity contribution >= 4 is 29.3 Å². The van der Waals surface area contributed by atoms with Gasteiger partial charge in [0.1, 0.15) is 0 Å². The van der Waals surface area contributed by atoms with Crippen LogP contribution in [0.2, 0.25) is 0 Å². The van der Waals surface area contributed by atoms with Gasteiger partial charge in [0.2, 0.25) is 5.91 Å². The van der Waals surface area contributed by atoms with Gasteiger partial charge in [-0.1, -0.05) is 13.8 Å². The molecule has 1 aliphatic heterocycles. The predicted octanol–water partition coefficient (Wildman–Crippen LogP) is 2.65. The molecule has 1 heterocycles. The first kappa shape index (κ1) is 13.2. The monoisotopic (exact) mass is 249 g/mol. The highest BCUT2D eigenvalue weighted by atomic mass is 35.5. The Morgan fingerprint density at radius 2 is 2.27 bits per heavy atom. The van der Waals surface area contributed by atoms with Crippen LogP contribution in [0.5, 0.6) is 0 Å². The summed E-state index contributed by atoms with van der Waals surface area (Å²) in [6.45, 7) is 6.73. The average Bonchev–Trinajstić information content (AvgIpc) is 2.62. The van der Waals surface area contributed by atoms with E-state index in [-0.39, 0.29) is 16.0 Å². The molecule has 1 aliphatic rings. The smallest absolute Gasteiger partial charge is 0.235 e. The van der Waals surface area contributed by atoms with E-state index in [0.29, 0.717) is 12.5 Å². The highest BCUT2D eigenvalue weighted by Crippen LogP contribution is 2.37. The van der Waals surface area contributed by atoms with Gasteiger partial charge in [-0.15, -0.1) is 23.4 Å². The van der Waals surface area contributed by atoms with Crippen molar-refractivity contribution < 1.29 is 4.79 Å². The zero-order chi connectivity index (χ0) is 11.5. The fraction of sp³-hybridized carbons (Fsp3) is 0.909. The van der Waals surface area contributed by atoms with Crippen molar-refractivity contribution in [2.45, 2.75) is 43.7 Å². The van der Waals surface area contributed by atoms with Crippen LogP contribution < -0.4 is 5.32 Å². The third-order valence-electron chi connectivity index (χ3n) is 2.88. The van der Waals surface area contributed by atoms with Crippen molar-refractivity contribution in [3.05, 3.63) is 0 Å². The maximum atomic E-state index is 11.9. The first-order valence-corrected chi connectivity index (χ1v) is 6.94. The molecule has 2 unspecified atom stereocenters. The lowest BCUT2D eigenvalue weighted by molar-refractivity contribution is -0.123. The van der Waals surface area contributed by atoms with Crippen molar-refractivity contribution in [3.8, 4) is 0 Å². The molecule has 0 aromatic carbocycles. The molecular weight excluding hydrogens is 230 g/mol. The summed E-state index contributed by atoms with van der Waals surface area (Å²) in [5, 5.41) is 2.99. The molecule has 2 atom stereocenters. The molecule has 4 heteroatoms. The number of halogens is 1. The number of carbonyl (C=O) groups excluding carboxylic acids is 1. The van der Waals surface area contributed by atoms with E-state index in [4.69, 9.17) is 11.6 Å². The van der Waals surface area contributed by atoms with Crippen LogP contribution in [0.25, 0.3) is 0 Å². The molecule has 1 amide bonds. The molecule has 1 rings (SSSR count). The molecule has 1 fully saturated rings. The number of thioether (sulfide) groups is 1. The Balaban J connectivity index is 2.35. The topological polar surface area (TPSA) is 29.1 Å². The van der Waals surface area contributed by atoms with Gasteiger partial charge in [-0.3, -0.25) is 4.79 Å². The summed E-state index contributed by atoms with van der Waals surface area (Å²) in [6.07, 6.45) is 2.13. The Bertz CT molecular complexity index is 227. The molecule has 0 bridgehead atoms. The lowest BCUT2D eigenvalue weighted by Gasteiger charge is -2.23. The van der Waals surface area contributed by atoms with Crippen molar-refractivity contribution in [2.24, 2.45) is 5.92 Å². The summed E-state index contributed by atoms with van der Waals surface area (Å²) in [4.78, 5) is 11.9. The van der Waals surface area contributed by atoms with Gasteiger partial charge >= 0.3 is 0 Å². The van der Waals surface area contributed by atoms with E-state index in [0.717, 1.165) is 18.6 Å². The first-order chi connectivity index (χ1) is 6.96. The Hall–Kier alpha value is 0.110. The van der Waals surface area contributed by atoms with Gasteiger partial charge in [-0.25, -0.2) is 0 Å². The normalized spacial score (nSPS) is 28.1. The van der Waals surface area contributed by atoms with Gasteiger partial charge in [-0.2, -0.15) is 0 Å². The van der Waals surface area contributed by atoms with E-state index < -0.39 is 0 Å². The third-order valence-corrected chi connectivity index (χ3v) is 5.06. The van der Waals surface area contributed by atoms with E-state index in [1.165, 1.54) is 0 Å². The lowest BCUT2D eigenvalue weighted by Crippen LogP contribution is -2.43. The zero-order valence-electron chi connectivity index (χ0n) is 9.68.